The molecule has 4 aromatic rings. The molecule has 34 heavy (non-hydrogen) atoms. The van der Waals surface area contributed by atoms with Crippen LogP contribution in [0.5, 0.6) is 0 Å². The van der Waals surface area contributed by atoms with Gasteiger partial charge in [-0.15, -0.1) is 0 Å². The molecule has 5 rings (SSSR count). The van der Waals surface area contributed by atoms with E-state index < -0.39 is 6.43 Å². The predicted octanol–water partition coefficient (Wildman–Crippen LogP) is 5.26. The average molecular weight is 482 g/mol. The highest BCUT2D eigenvalue weighted by molar-refractivity contribution is 6.30. The summed E-state index contributed by atoms with van der Waals surface area (Å²) >= 11 is 6.11. The Morgan fingerprint density at radius 2 is 1.76 bits per heavy atom. The molecule has 1 fully saturated rings. The lowest BCUT2D eigenvalue weighted by atomic mass is 10.1. The van der Waals surface area contributed by atoms with Gasteiger partial charge in [0.25, 0.3) is 12.3 Å². The highest BCUT2D eigenvalue weighted by Gasteiger charge is 2.27. The van der Waals surface area contributed by atoms with E-state index >= 15 is 0 Å². The van der Waals surface area contributed by atoms with Gasteiger partial charge in [-0.1, -0.05) is 47.5 Å². The first-order valence-electron chi connectivity index (χ1n) is 10.9. The van der Waals surface area contributed by atoms with Crippen molar-refractivity contribution in [2.24, 2.45) is 0 Å². The van der Waals surface area contributed by atoms with Crippen LogP contribution in [0.15, 0.2) is 60.8 Å². The fourth-order valence-electron chi connectivity index (χ4n) is 4.18. The van der Waals surface area contributed by atoms with Crippen LogP contribution in [0.1, 0.15) is 28.0 Å². The fraction of sp³-hybridized carbons (Fsp3) is 0.240. The van der Waals surface area contributed by atoms with E-state index in [0.29, 0.717) is 42.5 Å². The second kappa shape index (κ2) is 9.02. The Balaban J connectivity index is 1.44. The lowest BCUT2D eigenvalue weighted by Gasteiger charge is -2.36. The molecule has 2 aromatic carbocycles. The summed E-state index contributed by atoms with van der Waals surface area (Å²) in [5.41, 5.74) is 3.18. The summed E-state index contributed by atoms with van der Waals surface area (Å²) in [6.45, 7) is 4.19. The minimum Gasteiger partial charge on any atom is -0.368 e. The maximum atomic E-state index is 13.9. The number of aromatic nitrogens is 3. The molecule has 0 radical (unpaired) electrons. The quantitative estimate of drug-likeness (QED) is 0.399. The van der Waals surface area contributed by atoms with Crippen molar-refractivity contribution in [2.75, 3.05) is 31.1 Å². The van der Waals surface area contributed by atoms with Gasteiger partial charge >= 0.3 is 0 Å². The average Bonchev–Trinajstić information content (AvgIpc) is 3.27. The number of carbonyl (C=O) groups excluding carboxylic acids is 1. The number of nitrogens with zero attached hydrogens (tertiary/aromatic N) is 5. The SMILES string of the molecule is Cc1ccc(-c2cc(C(F)F)n3ncc(C(=O)N4CCN(c5cccc(Cl)c5)CC4)c3n2)cc1. The molecular weight excluding hydrogens is 460 g/mol. The van der Waals surface area contributed by atoms with Gasteiger partial charge in [0, 0.05) is 42.5 Å². The molecule has 0 unspecified atom stereocenters. The molecule has 9 heteroatoms. The molecule has 0 atom stereocenters. The normalized spacial score (nSPS) is 14.3. The molecule has 0 N–H and O–H groups in total. The summed E-state index contributed by atoms with van der Waals surface area (Å²) in [6, 6.07) is 16.4. The van der Waals surface area contributed by atoms with E-state index in [2.05, 4.69) is 15.0 Å². The molecule has 0 spiro atoms. The third-order valence-corrected chi connectivity index (χ3v) is 6.28. The largest absolute Gasteiger partial charge is 0.368 e. The van der Waals surface area contributed by atoms with Gasteiger partial charge in [0.1, 0.15) is 11.3 Å². The second-order valence-corrected chi connectivity index (χ2v) is 8.72. The number of rotatable bonds is 4. The third kappa shape index (κ3) is 4.21. The summed E-state index contributed by atoms with van der Waals surface area (Å²) in [6.07, 6.45) is -1.43. The number of hydrogen-bond acceptors (Lipinski definition) is 4. The molecule has 1 aliphatic heterocycles. The molecule has 1 saturated heterocycles. The lowest BCUT2D eigenvalue weighted by molar-refractivity contribution is 0.0748. The molecule has 2 aromatic heterocycles. The zero-order chi connectivity index (χ0) is 23.8. The number of piperazine rings is 1. The molecule has 6 nitrogen and oxygen atoms in total. The van der Waals surface area contributed by atoms with Crippen molar-refractivity contribution in [3.63, 3.8) is 0 Å². The smallest absolute Gasteiger partial charge is 0.280 e. The van der Waals surface area contributed by atoms with Gasteiger partial charge < -0.3 is 9.80 Å². The van der Waals surface area contributed by atoms with Crippen LogP contribution in [0.4, 0.5) is 14.5 Å². The van der Waals surface area contributed by atoms with Crippen molar-refractivity contribution < 1.29 is 13.6 Å². The maximum absolute atomic E-state index is 13.9. The Morgan fingerprint density at radius 3 is 2.44 bits per heavy atom. The summed E-state index contributed by atoms with van der Waals surface area (Å²) < 4.78 is 28.8. The minimum absolute atomic E-state index is 0.135. The van der Waals surface area contributed by atoms with Crippen molar-refractivity contribution in [1.29, 1.82) is 0 Å². The Kier molecular flexibility index (Phi) is 5.91. The molecule has 3 heterocycles. The highest BCUT2D eigenvalue weighted by Crippen LogP contribution is 2.28. The van der Waals surface area contributed by atoms with Crippen LogP contribution in [-0.4, -0.2) is 51.6 Å². The Bertz CT molecular complexity index is 1350. The van der Waals surface area contributed by atoms with Crippen LogP contribution in [-0.2, 0) is 0 Å². The van der Waals surface area contributed by atoms with Gasteiger partial charge in [-0.05, 0) is 31.2 Å². The second-order valence-electron chi connectivity index (χ2n) is 8.29. The van der Waals surface area contributed by atoms with E-state index in [-0.39, 0.29) is 22.8 Å². The van der Waals surface area contributed by atoms with Crippen LogP contribution < -0.4 is 4.90 Å². The lowest BCUT2D eigenvalue weighted by Crippen LogP contribution is -2.48. The minimum atomic E-state index is -2.77. The van der Waals surface area contributed by atoms with Gasteiger partial charge in [-0.2, -0.15) is 5.10 Å². The molecular formula is C25H22ClF2N5O. The zero-order valence-corrected chi connectivity index (χ0v) is 19.2. The van der Waals surface area contributed by atoms with Crippen LogP contribution >= 0.6 is 11.6 Å². The number of aryl methyl sites for hydroxylation is 1. The van der Waals surface area contributed by atoms with Crippen molar-refractivity contribution in [3.8, 4) is 11.3 Å². The molecule has 174 valence electrons. The summed E-state index contributed by atoms with van der Waals surface area (Å²) in [4.78, 5) is 21.8. The molecule has 1 aliphatic rings. The number of benzene rings is 2. The van der Waals surface area contributed by atoms with Crippen LogP contribution in [0, 0.1) is 6.92 Å². The molecule has 0 saturated carbocycles. The molecule has 1 amide bonds. The first-order valence-corrected chi connectivity index (χ1v) is 11.3. The molecule has 0 bridgehead atoms. The summed E-state index contributed by atoms with van der Waals surface area (Å²) in [5.74, 6) is -0.269. The van der Waals surface area contributed by atoms with E-state index in [1.165, 1.54) is 12.3 Å². The van der Waals surface area contributed by atoms with Crippen LogP contribution in [0.3, 0.4) is 0 Å². The standard InChI is InChI=1S/C25H22ClF2N5O/c1-16-5-7-17(8-6-16)21-14-22(23(27)28)33-24(30-21)20(15-29-33)25(34)32-11-9-31(10-12-32)19-4-2-3-18(26)13-19/h2-8,13-15,23H,9-12H2,1H3. The maximum Gasteiger partial charge on any atom is 0.280 e. The topological polar surface area (TPSA) is 53.7 Å². The highest BCUT2D eigenvalue weighted by atomic mass is 35.5. The Morgan fingerprint density at radius 1 is 1.03 bits per heavy atom. The molecule has 0 aliphatic carbocycles. The number of carbonyl (C=O) groups is 1. The number of halogens is 3. The Labute approximate surface area is 200 Å². The van der Waals surface area contributed by atoms with Gasteiger partial charge in [0.05, 0.1) is 11.9 Å². The van der Waals surface area contributed by atoms with Gasteiger partial charge in [0.15, 0.2) is 5.65 Å². The van der Waals surface area contributed by atoms with Crippen molar-refractivity contribution in [2.45, 2.75) is 13.3 Å². The van der Waals surface area contributed by atoms with Crippen molar-refractivity contribution in [1.82, 2.24) is 19.5 Å². The monoisotopic (exact) mass is 481 g/mol. The number of alkyl halides is 2. The number of anilines is 1. The van der Waals surface area contributed by atoms with E-state index in [9.17, 15) is 13.6 Å². The number of hydrogen-bond donors (Lipinski definition) is 0. The van der Waals surface area contributed by atoms with Crippen molar-refractivity contribution >= 4 is 28.8 Å². The van der Waals surface area contributed by atoms with Crippen LogP contribution in [0.25, 0.3) is 16.9 Å². The van der Waals surface area contributed by atoms with E-state index in [1.807, 2.05) is 55.5 Å². The van der Waals surface area contributed by atoms with Gasteiger partial charge in [-0.3, -0.25) is 4.79 Å². The number of fused-ring (bicyclic) bond motifs is 1. The summed E-state index contributed by atoms with van der Waals surface area (Å²) in [7, 11) is 0. The van der Waals surface area contributed by atoms with Crippen LogP contribution in [0.2, 0.25) is 5.02 Å². The van der Waals surface area contributed by atoms with Gasteiger partial charge in [-0.25, -0.2) is 18.3 Å². The van der Waals surface area contributed by atoms with E-state index in [0.717, 1.165) is 15.8 Å². The van der Waals surface area contributed by atoms with E-state index in [4.69, 9.17) is 11.6 Å². The first-order chi connectivity index (χ1) is 16.4. The van der Waals surface area contributed by atoms with Crippen molar-refractivity contribution in [3.05, 3.63) is 82.6 Å². The third-order valence-electron chi connectivity index (χ3n) is 6.04. The summed E-state index contributed by atoms with van der Waals surface area (Å²) in [5, 5.41) is 4.74. The Hall–Kier alpha value is -3.52. The number of amides is 1. The predicted molar refractivity (Wildman–Crippen MR) is 128 cm³/mol. The zero-order valence-electron chi connectivity index (χ0n) is 18.5. The van der Waals surface area contributed by atoms with E-state index in [1.54, 1.807) is 4.90 Å². The first kappa shape index (κ1) is 22.3. The van der Waals surface area contributed by atoms with Gasteiger partial charge in [0.2, 0.25) is 0 Å². The fourth-order valence-corrected chi connectivity index (χ4v) is 4.36.